The molecule has 1 heterocycles. The van der Waals surface area contributed by atoms with Gasteiger partial charge in [0.15, 0.2) is 11.6 Å². The maximum atomic E-state index is 13.0. The summed E-state index contributed by atoms with van der Waals surface area (Å²) in [5.41, 5.74) is 0.153. The Morgan fingerprint density at radius 1 is 1.42 bits per heavy atom. The van der Waals surface area contributed by atoms with Crippen molar-refractivity contribution in [2.24, 2.45) is 11.8 Å². The first-order valence-electron chi connectivity index (χ1n) is 6.52. The van der Waals surface area contributed by atoms with E-state index in [9.17, 15) is 13.6 Å². The molecular formula is C14H18F2N2O. The highest BCUT2D eigenvalue weighted by molar-refractivity contribution is 5.94. The lowest BCUT2D eigenvalue weighted by molar-refractivity contribution is 0.0937. The molecule has 0 bridgehead atoms. The lowest BCUT2D eigenvalue weighted by Crippen LogP contribution is -2.41. The van der Waals surface area contributed by atoms with Crippen LogP contribution in [0, 0.1) is 23.5 Å². The number of carbonyl (C=O) groups is 1. The summed E-state index contributed by atoms with van der Waals surface area (Å²) < 4.78 is 25.8. The van der Waals surface area contributed by atoms with Crippen molar-refractivity contribution in [3.63, 3.8) is 0 Å². The van der Waals surface area contributed by atoms with Crippen LogP contribution in [0.25, 0.3) is 0 Å². The van der Waals surface area contributed by atoms with Gasteiger partial charge in [-0.25, -0.2) is 8.78 Å². The van der Waals surface area contributed by atoms with E-state index < -0.39 is 11.6 Å². The molecule has 104 valence electrons. The van der Waals surface area contributed by atoms with Crippen molar-refractivity contribution in [1.29, 1.82) is 0 Å². The van der Waals surface area contributed by atoms with Crippen molar-refractivity contribution in [2.75, 3.05) is 19.6 Å². The van der Waals surface area contributed by atoms with E-state index >= 15 is 0 Å². The van der Waals surface area contributed by atoms with Crippen LogP contribution >= 0.6 is 0 Å². The number of amides is 1. The molecule has 5 heteroatoms. The zero-order valence-electron chi connectivity index (χ0n) is 10.9. The number of rotatable bonds is 3. The Morgan fingerprint density at radius 2 is 2.21 bits per heavy atom. The fourth-order valence-corrected chi connectivity index (χ4v) is 2.33. The molecule has 2 unspecified atom stereocenters. The maximum Gasteiger partial charge on any atom is 0.251 e. The van der Waals surface area contributed by atoms with E-state index in [0.717, 1.165) is 31.6 Å². The predicted molar refractivity (Wildman–Crippen MR) is 68.8 cm³/mol. The van der Waals surface area contributed by atoms with Crippen LogP contribution in [0.4, 0.5) is 8.78 Å². The van der Waals surface area contributed by atoms with E-state index in [1.54, 1.807) is 0 Å². The van der Waals surface area contributed by atoms with Gasteiger partial charge in [0.2, 0.25) is 0 Å². The first kappa shape index (κ1) is 13.9. The van der Waals surface area contributed by atoms with Gasteiger partial charge in [0, 0.05) is 12.1 Å². The topological polar surface area (TPSA) is 41.1 Å². The Kier molecular flexibility index (Phi) is 4.47. The molecule has 0 aliphatic carbocycles. The van der Waals surface area contributed by atoms with Crippen LogP contribution in [-0.4, -0.2) is 25.5 Å². The van der Waals surface area contributed by atoms with Crippen molar-refractivity contribution in [2.45, 2.75) is 13.3 Å². The molecule has 0 spiro atoms. The minimum Gasteiger partial charge on any atom is -0.352 e. The van der Waals surface area contributed by atoms with Crippen LogP contribution < -0.4 is 10.6 Å². The molecule has 1 saturated heterocycles. The maximum absolute atomic E-state index is 13.0. The summed E-state index contributed by atoms with van der Waals surface area (Å²) >= 11 is 0. The number of hydrogen-bond donors (Lipinski definition) is 2. The fourth-order valence-electron chi connectivity index (χ4n) is 2.33. The van der Waals surface area contributed by atoms with Crippen LogP contribution in [0.15, 0.2) is 18.2 Å². The highest BCUT2D eigenvalue weighted by Gasteiger charge is 2.21. The standard InChI is InChI=1S/C14H18F2N2O/c1-9-7-17-5-4-11(9)8-18-14(19)10-2-3-12(15)13(16)6-10/h2-3,6,9,11,17H,4-5,7-8H2,1H3,(H,18,19). The lowest BCUT2D eigenvalue weighted by atomic mass is 9.88. The van der Waals surface area contributed by atoms with Crippen LogP contribution in [0.1, 0.15) is 23.7 Å². The Bertz CT molecular complexity index is 465. The zero-order chi connectivity index (χ0) is 13.8. The highest BCUT2D eigenvalue weighted by Crippen LogP contribution is 2.17. The van der Waals surface area contributed by atoms with Crippen molar-refractivity contribution in [1.82, 2.24) is 10.6 Å². The smallest absolute Gasteiger partial charge is 0.251 e. The molecule has 19 heavy (non-hydrogen) atoms. The van der Waals surface area contributed by atoms with E-state index in [1.807, 2.05) is 0 Å². The minimum absolute atomic E-state index is 0.153. The molecule has 1 fully saturated rings. The van der Waals surface area contributed by atoms with Gasteiger partial charge in [0.05, 0.1) is 0 Å². The van der Waals surface area contributed by atoms with Gasteiger partial charge in [0.1, 0.15) is 0 Å². The van der Waals surface area contributed by atoms with Gasteiger partial charge < -0.3 is 10.6 Å². The molecule has 1 aromatic carbocycles. The largest absolute Gasteiger partial charge is 0.352 e. The Labute approximate surface area is 111 Å². The van der Waals surface area contributed by atoms with Crippen molar-refractivity contribution in [3.05, 3.63) is 35.4 Å². The zero-order valence-corrected chi connectivity index (χ0v) is 10.9. The van der Waals surface area contributed by atoms with Gasteiger partial charge in [-0.3, -0.25) is 4.79 Å². The van der Waals surface area contributed by atoms with Crippen LogP contribution in [0.2, 0.25) is 0 Å². The summed E-state index contributed by atoms with van der Waals surface area (Å²) in [7, 11) is 0. The Balaban J connectivity index is 1.91. The molecule has 3 nitrogen and oxygen atoms in total. The lowest BCUT2D eigenvalue weighted by Gasteiger charge is -2.29. The SMILES string of the molecule is CC1CNCCC1CNC(=O)c1ccc(F)c(F)c1. The molecule has 2 N–H and O–H groups in total. The number of piperidine rings is 1. The average Bonchev–Trinajstić information content (AvgIpc) is 2.40. The molecular weight excluding hydrogens is 250 g/mol. The van der Waals surface area contributed by atoms with E-state index in [4.69, 9.17) is 0 Å². The quantitative estimate of drug-likeness (QED) is 0.879. The summed E-state index contributed by atoms with van der Waals surface area (Å²) in [4.78, 5) is 11.8. The van der Waals surface area contributed by atoms with E-state index in [0.29, 0.717) is 18.4 Å². The van der Waals surface area contributed by atoms with Crippen molar-refractivity contribution >= 4 is 5.91 Å². The first-order chi connectivity index (χ1) is 9.08. The van der Waals surface area contributed by atoms with Gasteiger partial charge in [-0.2, -0.15) is 0 Å². The van der Waals surface area contributed by atoms with Crippen molar-refractivity contribution in [3.8, 4) is 0 Å². The summed E-state index contributed by atoms with van der Waals surface area (Å²) in [6.07, 6.45) is 1.01. The second-order valence-corrected chi connectivity index (χ2v) is 5.07. The molecule has 0 aromatic heterocycles. The third-order valence-electron chi connectivity index (χ3n) is 3.67. The second kappa shape index (κ2) is 6.10. The number of halogens is 2. The van der Waals surface area contributed by atoms with Crippen LogP contribution in [0.3, 0.4) is 0 Å². The average molecular weight is 268 g/mol. The molecule has 1 aliphatic rings. The van der Waals surface area contributed by atoms with E-state index in [1.165, 1.54) is 6.07 Å². The van der Waals surface area contributed by atoms with Crippen LogP contribution in [-0.2, 0) is 0 Å². The molecule has 1 aromatic rings. The highest BCUT2D eigenvalue weighted by atomic mass is 19.2. The number of nitrogens with one attached hydrogen (secondary N) is 2. The van der Waals surface area contributed by atoms with E-state index in [-0.39, 0.29) is 11.5 Å². The summed E-state index contributed by atoms with van der Waals surface area (Å²) in [5, 5.41) is 6.08. The summed E-state index contributed by atoms with van der Waals surface area (Å²) in [6.45, 7) is 4.61. The van der Waals surface area contributed by atoms with Gasteiger partial charge in [-0.15, -0.1) is 0 Å². The molecule has 1 amide bonds. The molecule has 0 radical (unpaired) electrons. The second-order valence-electron chi connectivity index (χ2n) is 5.07. The van der Waals surface area contributed by atoms with Crippen LogP contribution in [0.5, 0.6) is 0 Å². The van der Waals surface area contributed by atoms with E-state index in [2.05, 4.69) is 17.6 Å². The number of hydrogen-bond acceptors (Lipinski definition) is 2. The molecule has 2 atom stereocenters. The molecule has 2 rings (SSSR count). The predicted octanol–water partition coefficient (Wildman–Crippen LogP) is 1.94. The number of benzene rings is 1. The number of carbonyl (C=O) groups excluding carboxylic acids is 1. The summed E-state index contributed by atoms with van der Waals surface area (Å²) in [6, 6.07) is 3.19. The van der Waals surface area contributed by atoms with Gasteiger partial charge in [-0.05, 0) is 49.5 Å². The minimum atomic E-state index is -0.997. The normalized spacial score (nSPS) is 23.1. The van der Waals surface area contributed by atoms with Gasteiger partial charge in [-0.1, -0.05) is 6.92 Å². The fraction of sp³-hybridized carbons (Fsp3) is 0.500. The molecule has 0 saturated carbocycles. The molecule has 1 aliphatic heterocycles. The third kappa shape index (κ3) is 3.50. The monoisotopic (exact) mass is 268 g/mol. The van der Waals surface area contributed by atoms with Gasteiger partial charge in [0.25, 0.3) is 5.91 Å². The van der Waals surface area contributed by atoms with Crippen molar-refractivity contribution < 1.29 is 13.6 Å². The Hall–Kier alpha value is -1.49. The Morgan fingerprint density at radius 3 is 2.89 bits per heavy atom. The summed E-state index contributed by atoms with van der Waals surface area (Å²) in [5.74, 6) is -1.37. The third-order valence-corrected chi connectivity index (χ3v) is 3.67. The van der Waals surface area contributed by atoms with Gasteiger partial charge >= 0.3 is 0 Å². The first-order valence-corrected chi connectivity index (χ1v) is 6.52.